The van der Waals surface area contributed by atoms with Crippen LogP contribution in [0.25, 0.3) is 10.8 Å². The van der Waals surface area contributed by atoms with Gasteiger partial charge in [0.2, 0.25) is 0 Å². The minimum atomic E-state index is -1.29. The molecule has 0 aliphatic carbocycles. The van der Waals surface area contributed by atoms with Crippen molar-refractivity contribution in [3.8, 4) is 0 Å². The monoisotopic (exact) mass is 418 g/mol. The molecule has 0 unspecified atom stereocenters. The number of ketones is 1. The van der Waals surface area contributed by atoms with Gasteiger partial charge in [0.05, 0.1) is 6.54 Å². The molecule has 158 valence electrons. The number of unbranched alkanes of at least 4 members (excludes halogenated alkanes) is 1. The van der Waals surface area contributed by atoms with Crippen molar-refractivity contribution in [1.29, 1.82) is 0 Å². The first kappa shape index (κ1) is 20.7. The third-order valence-electron chi connectivity index (χ3n) is 5.79. The Balaban J connectivity index is 1.62. The molecule has 1 N–H and O–H groups in total. The molecule has 0 radical (unpaired) electrons. The number of halogens is 1. The van der Waals surface area contributed by atoms with Crippen LogP contribution in [-0.4, -0.2) is 29.2 Å². The van der Waals surface area contributed by atoms with Gasteiger partial charge in [-0.25, -0.2) is 9.18 Å². The number of hydrogen-bond acceptors (Lipinski definition) is 3. The summed E-state index contributed by atoms with van der Waals surface area (Å²) in [4.78, 5) is 40.0. The first-order chi connectivity index (χ1) is 14.9. The number of carbonyl (C=O) groups excluding carboxylic acids is 3. The number of amides is 3. The Labute approximate surface area is 179 Å². The zero-order valence-corrected chi connectivity index (χ0v) is 17.2. The summed E-state index contributed by atoms with van der Waals surface area (Å²) in [6.45, 7) is 1.64. The van der Waals surface area contributed by atoms with E-state index in [9.17, 15) is 18.8 Å². The Bertz CT molecular complexity index is 1160. The Hall–Kier alpha value is -3.54. The van der Waals surface area contributed by atoms with Crippen LogP contribution in [0.15, 0.2) is 66.7 Å². The molecule has 0 aromatic heterocycles. The maximum Gasteiger partial charge on any atom is 0.325 e. The van der Waals surface area contributed by atoms with Crippen molar-refractivity contribution in [3.63, 3.8) is 0 Å². The second-order valence-electron chi connectivity index (χ2n) is 7.82. The molecular weight excluding hydrogens is 395 g/mol. The van der Waals surface area contributed by atoms with Crippen LogP contribution in [0, 0.1) is 5.82 Å². The largest absolute Gasteiger partial charge is 0.325 e. The molecule has 0 spiro atoms. The van der Waals surface area contributed by atoms with Gasteiger partial charge in [-0.3, -0.25) is 14.5 Å². The van der Waals surface area contributed by atoms with E-state index in [1.165, 1.54) is 24.3 Å². The molecule has 4 rings (SSSR count). The summed E-state index contributed by atoms with van der Waals surface area (Å²) >= 11 is 0. The molecule has 3 amide bonds. The lowest BCUT2D eigenvalue weighted by Gasteiger charge is -2.27. The third kappa shape index (κ3) is 3.81. The van der Waals surface area contributed by atoms with Gasteiger partial charge in [0.15, 0.2) is 5.78 Å². The summed E-state index contributed by atoms with van der Waals surface area (Å²) in [7, 11) is 0. The molecular formula is C25H23FN2O3. The molecule has 0 bridgehead atoms. The Morgan fingerprint density at radius 2 is 1.71 bits per heavy atom. The first-order valence-electron chi connectivity index (χ1n) is 10.4. The number of urea groups is 1. The van der Waals surface area contributed by atoms with Crippen LogP contribution in [0.3, 0.4) is 0 Å². The fourth-order valence-electron chi connectivity index (χ4n) is 4.05. The number of imide groups is 1. The highest BCUT2D eigenvalue weighted by Crippen LogP contribution is 2.34. The van der Waals surface area contributed by atoms with Crippen molar-refractivity contribution < 1.29 is 18.8 Å². The summed E-state index contributed by atoms with van der Waals surface area (Å²) in [5, 5.41) is 4.70. The molecule has 6 heteroatoms. The summed E-state index contributed by atoms with van der Waals surface area (Å²) in [5.41, 5.74) is -0.335. The predicted octanol–water partition coefficient (Wildman–Crippen LogP) is 4.80. The van der Waals surface area contributed by atoms with E-state index in [1.807, 2.05) is 37.3 Å². The second-order valence-corrected chi connectivity index (χ2v) is 7.82. The molecule has 1 atom stereocenters. The minimum absolute atomic E-state index is 0.320. The highest BCUT2D eigenvalue weighted by molar-refractivity contribution is 6.12. The van der Waals surface area contributed by atoms with Gasteiger partial charge in [0, 0.05) is 5.56 Å². The number of fused-ring (bicyclic) bond motifs is 1. The number of nitrogens with zero attached hydrogens (tertiary/aromatic N) is 1. The van der Waals surface area contributed by atoms with E-state index in [0.717, 1.165) is 22.1 Å². The fourth-order valence-corrected chi connectivity index (χ4v) is 4.05. The van der Waals surface area contributed by atoms with E-state index in [1.54, 1.807) is 12.1 Å². The van der Waals surface area contributed by atoms with Crippen LogP contribution in [0.4, 0.5) is 9.18 Å². The highest BCUT2D eigenvalue weighted by atomic mass is 19.1. The lowest BCUT2D eigenvalue weighted by Crippen LogP contribution is -2.44. The Morgan fingerprint density at radius 1 is 1.00 bits per heavy atom. The SMILES string of the molecule is CCCC[C@@]1(c2ccc(F)cc2)NC(=O)N(CC(=O)c2ccc3ccccc3c2)C1=O. The van der Waals surface area contributed by atoms with Gasteiger partial charge in [-0.05, 0) is 41.0 Å². The maximum absolute atomic E-state index is 13.4. The molecule has 1 aliphatic heterocycles. The molecule has 3 aromatic carbocycles. The molecule has 0 saturated carbocycles. The lowest BCUT2D eigenvalue weighted by atomic mass is 9.84. The van der Waals surface area contributed by atoms with E-state index in [0.29, 0.717) is 24.0 Å². The van der Waals surface area contributed by atoms with Gasteiger partial charge in [0.25, 0.3) is 5.91 Å². The van der Waals surface area contributed by atoms with Crippen molar-refractivity contribution >= 4 is 28.5 Å². The molecule has 5 nitrogen and oxygen atoms in total. The maximum atomic E-state index is 13.4. The van der Waals surface area contributed by atoms with Gasteiger partial charge in [-0.15, -0.1) is 0 Å². The normalized spacial score (nSPS) is 18.5. The quantitative estimate of drug-likeness (QED) is 0.443. The van der Waals surface area contributed by atoms with E-state index in [-0.39, 0.29) is 12.3 Å². The second kappa shape index (κ2) is 8.30. The lowest BCUT2D eigenvalue weighted by molar-refractivity contribution is -0.131. The van der Waals surface area contributed by atoms with Crippen LogP contribution in [0.1, 0.15) is 42.1 Å². The molecule has 1 aliphatic rings. The van der Waals surface area contributed by atoms with Crippen molar-refractivity contribution in [2.24, 2.45) is 0 Å². The van der Waals surface area contributed by atoms with Crippen molar-refractivity contribution in [2.75, 3.05) is 6.54 Å². The number of rotatable bonds is 7. The van der Waals surface area contributed by atoms with Crippen LogP contribution in [-0.2, 0) is 10.3 Å². The molecule has 1 heterocycles. The standard InChI is InChI=1S/C25H23FN2O3/c1-2-3-14-25(20-10-12-21(26)13-11-20)23(30)28(24(31)27-25)16-22(29)19-9-8-17-6-4-5-7-18(17)15-19/h4-13,15H,2-3,14,16H2,1H3,(H,27,31)/t25-/m0/s1. The van der Waals surface area contributed by atoms with Gasteiger partial charge in [-0.1, -0.05) is 68.3 Å². The topological polar surface area (TPSA) is 66.5 Å². The van der Waals surface area contributed by atoms with E-state index >= 15 is 0 Å². The van der Waals surface area contributed by atoms with Crippen LogP contribution in [0.2, 0.25) is 0 Å². The van der Waals surface area contributed by atoms with Gasteiger partial charge in [0.1, 0.15) is 11.4 Å². The van der Waals surface area contributed by atoms with Gasteiger partial charge < -0.3 is 5.32 Å². The van der Waals surface area contributed by atoms with E-state index in [2.05, 4.69) is 5.32 Å². The first-order valence-corrected chi connectivity index (χ1v) is 10.4. The van der Waals surface area contributed by atoms with E-state index < -0.39 is 23.3 Å². The summed E-state index contributed by atoms with van der Waals surface area (Å²) in [6, 6.07) is 17.9. The summed E-state index contributed by atoms with van der Waals surface area (Å²) in [6.07, 6.45) is 1.89. The third-order valence-corrected chi connectivity index (χ3v) is 5.79. The fraction of sp³-hybridized carbons (Fsp3) is 0.240. The Kier molecular flexibility index (Phi) is 5.55. The highest BCUT2D eigenvalue weighted by Gasteiger charge is 2.52. The smallest absolute Gasteiger partial charge is 0.319 e. The predicted molar refractivity (Wildman–Crippen MR) is 116 cm³/mol. The van der Waals surface area contributed by atoms with E-state index in [4.69, 9.17) is 0 Å². The van der Waals surface area contributed by atoms with Crippen molar-refractivity contribution in [3.05, 3.63) is 83.7 Å². The van der Waals surface area contributed by atoms with Crippen molar-refractivity contribution in [2.45, 2.75) is 31.7 Å². The van der Waals surface area contributed by atoms with Gasteiger partial charge >= 0.3 is 6.03 Å². The van der Waals surface area contributed by atoms with Crippen LogP contribution < -0.4 is 5.32 Å². The van der Waals surface area contributed by atoms with Gasteiger partial charge in [-0.2, -0.15) is 0 Å². The number of hydrogen-bond donors (Lipinski definition) is 1. The minimum Gasteiger partial charge on any atom is -0.319 e. The summed E-state index contributed by atoms with van der Waals surface area (Å²) < 4.78 is 13.4. The molecule has 31 heavy (non-hydrogen) atoms. The average Bonchev–Trinajstić information content (AvgIpc) is 3.02. The molecule has 1 saturated heterocycles. The summed E-state index contributed by atoms with van der Waals surface area (Å²) in [5.74, 6) is -1.22. The number of carbonyl (C=O) groups is 3. The Morgan fingerprint density at radius 3 is 2.42 bits per heavy atom. The number of nitrogens with one attached hydrogen (secondary N) is 1. The van der Waals surface area contributed by atoms with Crippen molar-refractivity contribution in [1.82, 2.24) is 10.2 Å². The zero-order valence-electron chi connectivity index (χ0n) is 17.2. The molecule has 3 aromatic rings. The number of Topliss-reactive ketones (excluding diaryl/α,β-unsaturated/α-hetero) is 1. The number of benzene rings is 3. The average molecular weight is 418 g/mol. The molecule has 1 fully saturated rings. The van der Waals surface area contributed by atoms with Crippen LogP contribution in [0.5, 0.6) is 0 Å². The van der Waals surface area contributed by atoms with Crippen LogP contribution >= 0.6 is 0 Å². The zero-order chi connectivity index (χ0) is 22.0.